The molecule has 2 aliphatic heterocycles. The Balaban J connectivity index is 1.56. The number of aryl methyl sites for hydroxylation is 1. The van der Waals surface area contributed by atoms with Crippen molar-refractivity contribution in [1.29, 1.82) is 0 Å². The monoisotopic (exact) mass is 337 g/mol. The van der Waals surface area contributed by atoms with Crippen molar-refractivity contribution in [3.63, 3.8) is 0 Å². The average Bonchev–Trinajstić information content (AvgIpc) is 3.12. The van der Waals surface area contributed by atoms with Gasteiger partial charge in [0.2, 0.25) is 0 Å². The molecule has 132 valence electrons. The van der Waals surface area contributed by atoms with E-state index in [1.165, 1.54) is 23.1 Å². The highest BCUT2D eigenvalue weighted by atomic mass is 16.6. The van der Waals surface area contributed by atoms with E-state index >= 15 is 0 Å². The fourth-order valence-electron chi connectivity index (χ4n) is 4.13. The van der Waals surface area contributed by atoms with E-state index < -0.39 is 0 Å². The van der Waals surface area contributed by atoms with Gasteiger partial charge in [0, 0.05) is 12.6 Å². The largest absolute Gasteiger partial charge is 0.486 e. The summed E-state index contributed by atoms with van der Waals surface area (Å²) >= 11 is 0. The van der Waals surface area contributed by atoms with Crippen LogP contribution in [0.1, 0.15) is 48.9 Å². The second kappa shape index (κ2) is 7.09. The molecule has 1 fully saturated rings. The molecule has 3 nitrogen and oxygen atoms in total. The lowest BCUT2D eigenvalue weighted by Gasteiger charge is -2.23. The molecule has 2 atom stereocenters. The summed E-state index contributed by atoms with van der Waals surface area (Å²) in [6.07, 6.45) is 2.27. The topological polar surface area (TPSA) is 21.7 Å². The first-order valence-corrected chi connectivity index (χ1v) is 9.51. The predicted molar refractivity (Wildman–Crippen MR) is 101 cm³/mol. The highest BCUT2D eigenvalue weighted by Crippen LogP contribution is 2.42. The minimum Gasteiger partial charge on any atom is -0.486 e. The second-order valence-electron chi connectivity index (χ2n) is 7.03. The summed E-state index contributed by atoms with van der Waals surface area (Å²) < 4.78 is 11.4. The van der Waals surface area contributed by atoms with Crippen molar-refractivity contribution in [2.45, 2.75) is 38.6 Å². The first-order valence-electron chi connectivity index (χ1n) is 9.51. The highest BCUT2D eigenvalue weighted by molar-refractivity contribution is 5.45. The fraction of sp³-hybridized carbons (Fsp3) is 0.455. The van der Waals surface area contributed by atoms with Crippen LogP contribution in [-0.2, 0) is 6.42 Å². The number of rotatable bonds is 4. The van der Waals surface area contributed by atoms with Crippen LogP contribution in [-0.4, -0.2) is 31.2 Å². The van der Waals surface area contributed by atoms with E-state index in [9.17, 15) is 0 Å². The van der Waals surface area contributed by atoms with Crippen LogP contribution in [0.5, 0.6) is 11.5 Å². The maximum Gasteiger partial charge on any atom is 0.161 e. The number of nitrogens with zero attached hydrogens (tertiary/aromatic N) is 1. The molecule has 3 heteroatoms. The van der Waals surface area contributed by atoms with E-state index in [1.807, 2.05) is 0 Å². The van der Waals surface area contributed by atoms with Crippen LogP contribution in [0.3, 0.4) is 0 Å². The number of fused-ring (bicyclic) bond motifs is 1. The number of benzene rings is 2. The third-order valence-electron chi connectivity index (χ3n) is 5.62. The van der Waals surface area contributed by atoms with Crippen LogP contribution in [0.4, 0.5) is 0 Å². The normalized spacial score (nSPS) is 23.0. The van der Waals surface area contributed by atoms with Crippen LogP contribution in [0.15, 0.2) is 42.5 Å². The van der Waals surface area contributed by atoms with Gasteiger partial charge in [-0.25, -0.2) is 0 Å². The summed E-state index contributed by atoms with van der Waals surface area (Å²) in [5.74, 6) is 2.33. The van der Waals surface area contributed by atoms with Gasteiger partial charge in [-0.3, -0.25) is 4.90 Å². The minimum atomic E-state index is 0.508. The molecule has 0 aromatic heterocycles. The van der Waals surface area contributed by atoms with Crippen LogP contribution in [0, 0.1) is 0 Å². The Morgan fingerprint density at radius 3 is 2.36 bits per heavy atom. The van der Waals surface area contributed by atoms with E-state index in [-0.39, 0.29) is 0 Å². The first-order chi connectivity index (χ1) is 12.3. The van der Waals surface area contributed by atoms with Gasteiger partial charge in [0.05, 0.1) is 0 Å². The summed E-state index contributed by atoms with van der Waals surface area (Å²) in [4.78, 5) is 2.60. The lowest BCUT2D eigenvalue weighted by Crippen LogP contribution is -2.23. The molecule has 25 heavy (non-hydrogen) atoms. The van der Waals surface area contributed by atoms with Crippen LogP contribution < -0.4 is 9.47 Å². The molecule has 0 spiro atoms. The summed E-state index contributed by atoms with van der Waals surface area (Å²) in [5, 5.41) is 0. The average molecular weight is 337 g/mol. The molecular weight excluding hydrogens is 310 g/mol. The van der Waals surface area contributed by atoms with E-state index in [1.54, 1.807) is 0 Å². The quantitative estimate of drug-likeness (QED) is 0.816. The zero-order valence-electron chi connectivity index (χ0n) is 15.2. The predicted octanol–water partition coefficient (Wildman–Crippen LogP) is 4.57. The Hall–Kier alpha value is -2.00. The highest BCUT2D eigenvalue weighted by Gasteiger charge is 2.33. The van der Waals surface area contributed by atoms with Gasteiger partial charge in [0.15, 0.2) is 11.5 Å². The van der Waals surface area contributed by atoms with Crippen molar-refractivity contribution >= 4 is 0 Å². The first kappa shape index (κ1) is 16.5. The third kappa shape index (κ3) is 3.25. The SMILES string of the molecule is CCc1ccc([C@H]2C[C@@H](c3ccc4c(c3)OCCO4)CN2CC)cc1. The van der Waals surface area contributed by atoms with Gasteiger partial charge in [0.1, 0.15) is 13.2 Å². The van der Waals surface area contributed by atoms with Gasteiger partial charge in [0.25, 0.3) is 0 Å². The van der Waals surface area contributed by atoms with Crippen LogP contribution >= 0.6 is 0 Å². The van der Waals surface area contributed by atoms with Crippen LogP contribution in [0.2, 0.25) is 0 Å². The Kier molecular flexibility index (Phi) is 4.67. The summed E-state index contributed by atoms with van der Waals surface area (Å²) in [7, 11) is 0. The van der Waals surface area contributed by atoms with Gasteiger partial charge in [-0.1, -0.05) is 44.2 Å². The number of likely N-dealkylation sites (N-methyl/N-ethyl adjacent to an activating group) is 1. The Morgan fingerprint density at radius 2 is 1.64 bits per heavy atom. The zero-order valence-corrected chi connectivity index (χ0v) is 15.2. The third-order valence-corrected chi connectivity index (χ3v) is 5.62. The minimum absolute atomic E-state index is 0.508. The van der Waals surface area contributed by atoms with Crippen molar-refractivity contribution in [1.82, 2.24) is 4.90 Å². The van der Waals surface area contributed by atoms with E-state index in [2.05, 4.69) is 61.2 Å². The molecule has 0 N–H and O–H groups in total. The van der Waals surface area contributed by atoms with E-state index in [4.69, 9.17) is 9.47 Å². The second-order valence-corrected chi connectivity index (χ2v) is 7.03. The molecule has 4 rings (SSSR count). The van der Waals surface area contributed by atoms with Crippen molar-refractivity contribution < 1.29 is 9.47 Å². The van der Waals surface area contributed by atoms with Crippen LogP contribution in [0.25, 0.3) is 0 Å². The molecule has 0 radical (unpaired) electrons. The van der Waals surface area contributed by atoms with Gasteiger partial charge >= 0.3 is 0 Å². The maximum absolute atomic E-state index is 5.78. The lowest BCUT2D eigenvalue weighted by molar-refractivity contribution is 0.171. The standard InChI is InChI=1S/C22H27NO2/c1-3-16-5-7-17(8-6-16)20-13-19(15-23(20)4-2)18-9-10-21-22(14-18)25-12-11-24-21/h5-10,14,19-20H,3-4,11-13,15H2,1-2H3/t19-,20-/m1/s1. The van der Waals surface area contributed by atoms with Gasteiger partial charge in [-0.2, -0.15) is 0 Å². The summed E-state index contributed by atoms with van der Waals surface area (Å²) in [5.41, 5.74) is 4.22. The van der Waals surface area contributed by atoms with Gasteiger partial charge < -0.3 is 9.47 Å². The molecule has 0 bridgehead atoms. The molecule has 0 amide bonds. The smallest absolute Gasteiger partial charge is 0.161 e. The van der Waals surface area contributed by atoms with Gasteiger partial charge in [-0.05, 0) is 54.1 Å². The van der Waals surface area contributed by atoms with Crippen molar-refractivity contribution in [2.75, 3.05) is 26.3 Å². The molecule has 0 aliphatic carbocycles. The summed E-state index contributed by atoms with van der Waals surface area (Å²) in [6, 6.07) is 16.2. The Morgan fingerprint density at radius 1 is 0.920 bits per heavy atom. The zero-order chi connectivity index (χ0) is 17.2. The van der Waals surface area contributed by atoms with E-state index in [0.29, 0.717) is 25.2 Å². The molecule has 0 saturated carbocycles. The molecule has 0 unspecified atom stereocenters. The lowest BCUT2D eigenvalue weighted by atomic mass is 9.93. The van der Waals surface area contributed by atoms with Crippen molar-refractivity contribution in [2.24, 2.45) is 0 Å². The number of hydrogen-bond acceptors (Lipinski definition) is 3. The Labute approximate surface area is 150 Å². The van der Waals surface area contributed by atoms with Crippen molar-refractivity contribution in [3.05, 3.63) is 59.2 Å². The molecule has 2 heterocycles. The maximum atomic E-state index is 5.78. The van der Waals surface area contributed by atoms with E-state index in [0.717, 1.165) is 31.0 Å². The molecule has 1 saturated heterocycles. The number of likely N-dealkylation sites (tertiary alicyclic amines) is 1. The number of ether oxygens (including phenoxy) is 2. The fourth-order valence-corrected chi connectivity index (χ4v) is 4.13. The Bertz CT molecular complexity index is 725. The van der Waals surface area contributed by atoms with Gasteiger partial charge in [-0.15, -0.1) is 0 Å². The molecule has 2 aromatic rings. The summed E-state index contributed by atoms with van der Waals surface area (Å²) in [6.45, 7) is 7.96. The molecular formula is C22H27NO2. The molecule has 2 aliphatic rings. The number of hydrogen-bond donors (Lipinski definition) is 0. The molecule has 2 aromatic carbocycles. The van der Waals surface area contributed by atoms with Crippen molar-refractivity contribution in [3.8, 4) is 11.5 Å².